The number of nitrogens with zero attached hydrogens (tertiary/aromatic N) is 1. The van der Waals surface area contributed by atoms with E-state index in [1.54, 1.807) is 43.0 Å². The van der Waals surface area contributed by atoms with Crippen LogP contribution in [-0.4, -0.2) is 41.9 Å². The molecule has 0 atom stereocenters. The van der Waals surface area contributed by atoms with E-state index in [0.29, 0.717) is 23.9 Å². The van der Waals surface area contributed by atoms with Crippen molar-refractivity contribution in [2.24, 2.45) is 0 Å². The topological polar surface area (TPSA) is 58.6 Å². The number of nitrogens with one attached hydrogen (secondary N) is 1. The molecule has 1 aliphatic heterocycles. The minimum Gasteiger partial charge on any atom is -0.493 e. The third-order valence-electron chi connectivity index (χ3n) is 3.53. The lowest BCUT2D eigenvalue weighted by Gasteiger charge is -2.41. The number of hydrogen-bond acceptors (Lipinski definition) is 3. The van der Waals surface area contributed by atoms with Gasteiger partial charge in [0.25, 0.3) is 0 Å². The normalized spacial score (nSPS) is 17.3. The zero-order chi connectivity index (χ0) is 15.5. The van der Waals surface area contributed by atoms with Gasteiger partial charge >= 0.3 is 0 Å². The van der Waals surface area contributed by atoms with E-state index in [-0.39, 0.29) is 24.8 Å². The molecule has 1 aromatic rings. The molecule has 5 nitrogen and oxygen atoms in total. The van der Waals surface area contributed by atoms with Gasteiger partial charge in [-0.25, -0.2) is 0 Å². The Morgan fingerprint density at radius 1 is 1.48 bits per heavy atom. The minimum atomic E-state index is -0.814. The van der Waals surface area contributed by atoms with Gasteiger partial charge in [-0.3, -0.25) is 9.59 Å². The summed E-state index contributed by atoms with van der Waals surface area (Å²) >= 11 is 5.86. The molecule has 1 heterocycles. The summed E-state index contributed by atoms with van der Waals surface area (Å²) in [5.41, 5.74) is -0.814. The molecule has 0 spiro atoms. The maximum atomic E-state index is 12.3. The van der Waals surface area contributed by atoms with E-state index >= 15 is 0 Å². The van der Waals surface area contributed by atoms with Crippen molar-refractivity contribution in [2.45, 2.75) is 25.8 Å². The first kappa shape index (κ1) is 15.6. The van der Waals surface area contributed by atoms with E-state index in [2.05, 4.69) is 5.32 Å². The van der Waals surface area contributed by atoms with Gasteiger partial charge in [0.1, 0.15) is 11.3 Å². The van der Waals surface area contributed by atoms with Crippen molar-refractivity contribution in [1.29, 1.82) is 0 Å². The van der Waals surface area contributed by atoms with Crippen molar-refractivity contribution in [3.63, 3.8) is 0 Å². The number of carbonyl (C=O) groups is 2. The second-order valence-corrected chi connectivity index (χ2v) is 5.85. The van der Waals surface area contributed by atoms with Crippen molar-refractivity contribution < 1.29 is 14.3 Å². The predicted molar refractivity (Wildman–Crippen MR) is 80.4 cm³/mol. The standard InChI is InChI=1S/C15H19ClN2O3/c1-15(2)14(20)17-7-8-18(15)13(19)6-9-21-12-5-3-4-11(16)10-12/h3-5,10H,6-9H2,1-2H3,(H,17,20). The highest BCUT2D eigenvalue weighted by molar-refractivity contribution is 6.30. The van der Waals surface area contributed by atoms with E-state index in [1.165, 1.54) is 0 Å². The SMILES string of the molecule is CC1(C)C(=O)NCCN1C(=O)CCOc1cccc(Cl)c1. The summed E-state index contributed by atoms with van der Waals surface area (Å²) in [6.07, 6.45) is 0.225. The summed E-state index contributed by atoms with van der Waals surface area (Å²) in [4.78, 5) is 25.7. The van der Waals surface area contributed by atoms with Crippen molar-refractivity contribution >= 4 is 23.4 Å². The largest absolute Gasteiger partial charge is 0.493 e. The first-order valence-corrected chi connectivity index (χ1v) is 7.26. The van der Waals surface area contributed by atoms with Crippen molar-refractivity contribution in [2.75, 3.05) is 19.7 Å². The van der Waals surface area contributed by atoms with Gasteiger partial charge in [0.05, 0.1) is 13.0 Å². The molecule has 1 fully saturated rings. The molecular weight excluding hydrogens is 292 g/mol. The molecular formula is C15H19ClN2O3. The van der Waals surface area contributed by atoms with Crippen LogP contribution >= 0.6 is 11.6 Å². The smallest absolute Gasteiger partial charge is 0.245 e. The molecule has 0 aliphatic carbocycles. The van der Waals surface area contributed by atoms with Crippen LogP contribution in [0.5, 0.6) is 5.75 Å². The number of benzene rings is 1. The monoisotopic (exact) mass is 310 g/mol. The van der Waals surface area contributed by atoms with Crippen LogP contribution in [0.1, 0.15) is 20.3 Å². The average molecular weight is 311 g/mol. The molecule has 21 heavy (non-hydrogen) atoms. The second kappa shape index (κ2) is 6.35. The molecule has 0 saturated carbocycles. The Kier molecular flexibility index (Phi) is 4.73. The molecule has 1 saturated heterocycles. The zero-order valence-corrected chi connectivity index (χ0v) is 12.9. The lowest BCUT2D eigenvalue weighted by atomic mass is 9.98. The Morgan fingerprint density at radius 2 is 2.24 bits per heavy atom. The Hall–Kier alpha value is -1.75. The number of carbonyl (C=O) groups excluding carboxylic acids is 2. The van der Waals surface area contributed by atoms with Gasteiger partial charge < -0.3 is 15.0 Å². The quantitative estimate of drug-likeness (QED) is 0.923. The van der Waals surface area contributed by atoms with Crippen LogP contribution in [0.15, 0.2) is 24.3 Å². The highest BCUT2D eigenvalue weighted by Crippen LogP contribution is 2.20. The van der Waals surface area contributed by atoms with Gasteiger partial charge in [-0.15, -0.1) is 0 Å². The van der Waals surface area contributed by atoms with Crippen LogP contribution in [0.3, 0.4) is 0 Å². The van der Waals surface area contributed by atoms with Crippen LogP contribution in [0.25, 0.3) is 0 Å². The molecule has 0 unspecified atom stereocenters. The molecule has 114 valence electrons. The fraction of sp³-hybridized carbons (Fsp3) is 0.467. The number of piperazine rings is 1. The van der Waals surface area contributed by atoms with Crippen LogP contribution in [0.4, 0.5) is 0 Å². The minimum absolute atomic E-state index is 0.0862. The van der Waals surface area contributed by atoms with Crippen LogP contribution < -0.4 is 10.1 Å². The molecule has 2 amide bonds. The zero-order valence-electron chi connectivity index (χ0n) is 12.2. The maximum absolute atomic E-state index is 12.3. The summed E-state index contributed by atoms with van der Waals surface area (Å²) in [7, 11) is 0. The van der Waals surface area contributed by atoms with Crippen LogP contribution in [0, 0.1) is 0 Å². The predicted octanol–water partition coefficient (Wildman–Crippen LogP) is 1.85. The number of hydrogen-bond donors (Lipinski definition) is 1. The molecule has 2 rings (SSSR count). The summed E-state index contributed by atoms with van der Waals surface area (Å²) in [6, 6.07) is 7.03. The fourth-order valence-electron chi connectivity index (χ4n) is 2.28. The van der Waals surface area contributed by atoms with Gasteiger partial charge in [-0.2, -0.15) is 0 Å². The summed E-state index contributed by atoms with van der Waals surface area (Å²) < 4.78 is 5.51. The van der Waals surface area contributed by atoms with Gasteiger partial charge in [0.2, 0.25) is 11.8 Å². The maximum Gasteiger partial charge on any atom is 0.245 e. The van der Waals surface area contributed by atoms with Gasteiger partial charge in [-0.05, 0) is 32.0 Å². The summed E-state index contributed by atoms with van der Waals surface area (Å²) in [5.74, 6) is 0.417. The molecule has 1 N–H and O–H groups in total. The average Bonchev–Trinajstić information content (AvgIpc) is 2.41. The van der Waals surface area contributed by atoms with E-state index in [4.69, 9.17) is 16.3 Å². The van der Waals surface area contributed by atoms with Crippen molar-refractivity contribution in [3.05, 3.63) is 29.3 Å². The first-order valence-electron chi connectivity index (χ1n) is 6.88. The Bertz CT molecular complexity index is 545. The third-order valence-corrected chi connectivity index (χ3v) is 3.77. The summed E-state index contributed by atoms with van der Waals surface area (Å²) in [5, 5.41) is 3.36. The summed E-state index contributed by atoms with van der Waals surface area (Å²) in [6.45, 7) is 4.76. The van der Waals surface area contributed by atoms with Gasteiger partial charge in [0.15, 0.2) is 0 Å². The fourth-order valence-corrected chi connectivity index (χ4v) is 2.46. The molecule has 6 heteroatoms. The van der Waals surface area contributed by atoms with Gasteiger partial charge in [-0.1, -0.05) is 17.7 Å². The highest BCUT2D eigenvalue weighted by atomic mass is 35.5. The molecule has 0 bridgehead atoms. The molecule has 1 aliphatic rings. The number of amides is 2. The van der Waals surface area contributed by atoms with Crippen LogP contribution in [0.2, 0.25) is 5.02 Å². The van der Waals surface area contributed by atoms with E-state index in [0.717, 1.165) is 0 Å². The lowest BCUT2D eigenvalue weighted by Crippen LogP contribution is -2.63. The Labute approximate surface area is 129 Å². The van der Waals surface area contributed by atoms with E-state index < -0.39 is 5.54 Å². The molecule has 0 radical (unpaired) electrons. The Balaban J connectivity index is 1.88. The van der Waals surface area contributed by atoms with E-state index in [9.17, 15) is 9.59 Å². The number of halogens is 1. The second-order valence-electron chi connectivity index (χ2n) is 5.42. The van der Waals surface area contributed by atoms with Crippen molar-refractivity contribution in [1.82, 2.24) is 10.2 Å². The Morgan fingerprint density at radius 3 is 2.95 bits per heavy atom. The lowest BCUT2D eigenvalue weighted by molar-refractivity contribution is -0.149. The van der Waals surface area contributed by atoms with E-state index in [1.807, 2.05) is 0 Å². The first-order chi connectivity index (χ1) is 9.91. The number of ether oxygens (including phenoxy) is 1. The van der Waals surface area contributed by atoms with Crippen LogP contribution in [-0.2, 0) is 9.59 Å². The van der Waals surface area contributed by atoms with Crippen molar-refractivity contribution in [3.8, 4) is 5.75 Å². The molecule has 1 aromatic carbocycles. The van der Waals surface area contributed by atoms with Gasteiger partial charge in [0, 0.05) is 18.1 Å². The number of rotatable bonds is 4. The molecule has 0 aromatic heterocycles. The third kappa shape index (κ3) is 3.67. The highest BCUT2D eigenvalue weighted by Gasteiger charge is 2.39.